The zero-order valence-corrected chi connectivity index (χ0v) is 12.0. The number of halogens is 3. The third-order valence-corrected chi connectivity index (χ3v) is 3.31. The Kier molecular flexibility index (Phi) is 5.01. The van der Waals surface area contributed by atoms with Crippen LogP contribution in [0.1, 0.15) is 31.0 Å². The number of hydrogen-bond acceptors (Lipinski definition) is 2. The third-order valence-electron chi connectivity index (χ3n) is 3.31. The largest absolute Gasteiger partial charge is 0.310 e. The van der Waals surface area contributed by atoms with Crippen molar-refractivity contribution >= 4 is 0 Å². The molecule has 1 unspecified atom stereocenters. The second kappa shape index (κ2) is 6.76. The average molecular weight is 297 g/mol. The molecule has 0 aliphatic rings. The molecule has 0 bridgehead atoms. The van der Waals surface area contributed by atoms with E-state index in [4.69, 9.17) is 0 Å². The number of aromatic nitrogens is 2. The van der Waals surface area contributed by atoms with E-state index in [1.165, 1.54) is 0 Å². The fourth-order valence-corrected chi connectivity index (χ4v) is 2.25. The lowest BCUT2D eigenvalue weighted by Crippen LogP contribution is -2.23. The van der Waals surface area contributed by atoms with Gasteiger partial charge in [-0.05, 0) is 43.1 Å². The SMILES string of the molecule is CCNC(Cc1cnn(CC)c1)c1cc(F)c(F)c(F)c1. The molecule has 1 aromatic carbocycles. The number of nitrogens with one attached hydrogen (secondary N) is 1. The van der Waals surface area contributed by atoms with Crippen LogP contribution in [-0.2, 0) is 13.0 Å². The minimum absolute atomic E-state index is 0.297. The van der Waals surface area contributed by atoms with Crippen LogP contribution in [0.2, 0.25) is 0 Å². The monoisotopic (exact) mass is 297 g/mol. The lowest BCUT2D eigenvalue weighted by molar-refractivity contribution is 0.439. The minimum Gasteiger partial charge on any atom is -0.310 e. The molecule has 1 heterocycles. The van der Waals surface area contributed by atoms with Crippen molar-refractivity contribution < 1.29 is 13.2 Å². The quantitative estimate of drug-likeness (QED) is 0.830. The van der Waals surface area contributed by atoms with E-state index in [2.05, 4.69) is 10.4 Å². The molecular weight excluding hydrogens is 279 g/mol. The predicted molar refractivity (Wildman–Crippen MR) is 74.3 cm³/mol. The first-order valence-corrected chi connectivity index (χ1v) is 6.94. The van der Waals surface area contributed by atoms with Crippen LogP contribution in [0.15, 0.2) is 24.5 Å². The van der Waals surface area contributed by atoms with Crippen molar-refractivity contribution in [3.8, 4) is 0 Å². The first-order chi connectivity index (χ1) is 10.0. The van der Waals surface area contributed by atoms with Gasteiger partial charge in [0.15, 0.2) is 17.5 Å². The Bertz CT molecular complexity index is 587. The van der Waals surface area contributed by atoms with Crippen LogP contribution in [0.5, 0.6) is 0 Å². The van der Waals surface area contributed by atoms with Crippen LogP contribution in [-0.4, -0.2) is 16.3 Å². The Balaban J connectivity index is 2.26. The van der Waals surface area contributed by atoms with Crippen LogP contribution in [0.3, 0.4) is 0 Å². The molecule has 2 rings (SSSR count). The molecule has 0 spiro atoms. The van der Waals surface area contributed by atoms with Crippen LogP contribution >= 0.6 is 0 Å². The van der Waals surface area contributed by atoms with Crippen LogP contribution < -0.4 is 5.32 Å². The van der Waals surface area contributed by atoms with Crippen LogP contribution in [0, 0.1) is 17.5 Å². The molecule has 1 aromatic heterocycles. The smallest absolute Gasteiger partial charge is 0.194 e. The predicted octanol–water partition coefficient (Wildman–Crippen LogP) is 3.21. The molecule has 114 valence electrons. The molecular formula is C15H18F3N3. The molecule has 1 atom stereocenters. The number of likely N-dealkylation sites (N-methyl/N-ethyl adjacent to an activating group) is 1. The Hall–Kier alpha value is -1.82. The zero-order valence-electron chi connectivity index (χ0n) is 12.0. The summed E-state index contributed by atoms with van der Waals surface area (Å²) in [6.07, 6.45) is 4.14. The number of hydrogen-bond donors (Lipinski definition) is 1. The summed E-state index contributed by atoms with van der Waals surface area (Å²) >= 11 is 0. The van der Waals surface area contributed by atoms with E-state index in [1.54, 1.807) is 10.9 Å². The van der Waals surface area contributed by atoms with Crippen LogP contribution in [0.4, 0.5) is 13.2 Å². The normalized spacial score (nSPS) is 12.6. The maximum Gasteiger partial charge on any atom is 0.194 e. The fraction of sp³-hybridized carbons (Fsp3) is 0.400. The van der Waals surface area contributed by atoms with E-state index in [-0.39, 0.29) is 6.04 Å². The van der Waals surface area contributed by atoms with Gasteiger partial charge >= 0.3 is 0 Å². The van der Waals surface area contributed by atoms with E-state index in [9.17, 15) is 13.2 Å². The van der Waals surface area contributed by atoms with Crippen molar-refractivity contribution in [1.82, 2.24) is 15.1 Å². The molecule has 0 saturated carbocycles. The molecule has 0 fully saturated rings. The van der Waals surface area contributed by atoms with Gasteiger partial charge in [0.2, 0.25) is 0 Å². The molecule has 6 heteroatoms. The first-order valence-electron chi connectivity index (χ1n) is 6.94. The van der Waals surface area contributed by atoms with Gasteiger partial charge in [-0.15, -0.1) is 0 Å². The molecule has 0 aliphatic carbocycles. The molecule has 0 saturated heterocycles. The second-order valence-electron chi connectivity index (χ2n) is 4.82. The Labute approximate surface area is 121 Å². The van der Waals surface area contributed by atoms with E-state index in [0.717, 1.165) is 24.2 Å². The molecule has 0 aliphatic heterocycles. The molecule has 0 amide bonds. The number of nitrogens with zero attached hydrogens (tertiary/aromatic N) is 2. The van der Waals surface area contributed by atoms with Crippen molar-refractivity contribution in [1.29, 1.82) is 0 Å². The number of rotatable bonds is 6. The molecule has 3 nitrogen and oxygen atoms in total. The second-order valence-corrected chi connectivity index (χ2v) is 4.82. The van der Waals surface area contributed by atoms with Crippen molar-refractivity contribution in [3.63, 3.8) is 0 Å². The van der Waals surface area contributed by atoms with E-state index in [1.807, 2.05) is 20.0 Å². The standard InChI is InChI=1S/C15H18F3N3/c1-3-19-14(5-10-8-20-21(4-2)9-10)11-6-12(16)15(18)13(17)7-11/h6-9,14,19H,3-5H2,1-2H3. The molecule has 0 radical (unpaired) electrons. The van der Waals surface area contributed by atoms with Gasteiger partial charge in [-0.25, -0.2) is 13.2 Å². The van der Waals surface area contributed by atoms with Gasteiger partial charge in [-0.1, -0.05) is 6.92 Å². The number of aryl methyl sites for hydroxylation is 1. The van der Waals surface area contributed by atoms with Gasteiger partial charge in [0.05, 0.1) is 6.20 Å². The van der Waals surface area contributed by atoms with Crippen molar-refractivity contribution in [2.24, 2.45) is 0 Å². The topological polar surface area (TPSA) is 29.9 Å². The lowest BCUT2D eigenvalue weighted by Gasteiger charge is -2.18. The van der Waals surface area contributed by atoms with Gasteiger partial charge in [0.25, 0.3) is 0 Å². The minimum atomic E-state index is -1.44. The van der Waals surface area contributed by atoms with Crippen LogP contribution in [0.25, 0.3) is 0 Å². The summed E-state index contributed by atoms with van der Waals surface area (Å²) in [5.41, 5.74) is 1.34. The van der Waals surface area contributed by atoms with Crippen molar-refractivity contribution in [2.45, 2.75) is 32.9 Å². The maximum absolute atomic E-state index is 13.4. The highest BCUT2D eigenvalue weighted by Crippen LogP contribution is 2.22. The van der Waals surface area contributed by atoms with Gasteiger partial charge in [-0.2, -0.15) is 5.10 Å². The number of benzene rings is 1. The summed E-state index contributed by atoms with van der Waals surface area (Å²) in [7, 11) is 0. The van der Waals surface area contributed by atoms with Crippen molar-refractivity contribution in [3.05, 3.63) is 53.1 Å². The Morgan fingerprint density at radius 3 is 2.38 bits per heavy atom. The highest BCUT2D eigenvalue weighted by atomic mass is 19.2. The van der Waals surface area contributed by atoms with Gasteiger partial charge < -0.3 is 5.32 Å². The van der Waals surface area contributed by atoms with Gasteiger partial charge in [0.1, 0.15) is 0 Å². The molecule has 1 N–H and O–H groups in total. The zero-order chi connectivity index (χ0) is 15.4. The van der Waals surface area contributed by atoms with Gasteiger partial charge in [-0.3, -0.25) is 4.68 Å². The Morgan fingerprint density at radius 1 is 1.19 bits per heavy atom. The third kappa shape index (κ3) is 3.64. The van der Waals surface area contributed by atoms with Gasteiger partial charge in [0, 0.05) is 18.8 Å². The average Bonchev–Trinajstić information content (AvgIpc) is 2.91. The maximum atomic E-state index is 13.4. The summed E-state index contributed by atoms with van der Waals surface area (Å²) in [5, 5.41) is 7.33. The van der Waals surface area contributed by atoms with Crippen molar-refractivity contribution in [2.75, 3.05) is 6.54 Å². The summed E-state index contributed by atoms with van der Waals surface area (Å²) in [4.78, 5) is 0. The first kappa shape index (κ1) is 15.6. The Morgan fingerprint density at radius 2 is 1.86 bits per heavy atom. The summed E-state index contributed by atoms with van der Waals surface area (Å²) in [6.45, 7) is 5.26. The van der Waals surface area contributed by atoms with E-state index in [0.29, 0.717) is 18.5 Å². The summed E-state index contributed by atoms with van der Waals surface area (Å²) < 4.78 is 41.6. The van der Waals surface area contributed by atoms with E-state index < -0.39 is 17.5 Å². The van der Waals surface area contributed by atoms with E-state index >= 15 is 0 Å². The summed E-state index contributed by atoms with van der Waals surface area (Å²) in [6, 6.07) is 1.78. The molecule has 2 aromatic rings. The fourth-order valence-electron chi connectivity index (χ4n) is 2.25. The lowest BCUT2D eigenvalue weighted by atomic mass is 10.00. The highest BCUT2D eigenvalue weighted by molar-refractivity contribution is 5.24. The highest BCUT2D eigenvalue weighted by Gasteiger charge is 2.18. The summed E-state index contributed by atoms with van der Waals surface area (Å²) in [5.74, 6) is -3.78. The molecule has 21 heavy (non-hydrogen) atoms.